The van der Waals surface area contributed by atoms with Crippen LogP contribution in [-0.4, -0.2) is 25.1 Å². The Morgan fingerprint density at radius 1 is 1.41 bits per heavy atom. The van der Waals surface area contributed by atoms with Crippen molar-refractivity contribution in [1.82, 2.24) is 0 Å². The normalized spacial score (nSPS) is 26.6. The number of fused-ring (bicyclic) bond motifs is 1. The van der Waals surface area contributed by atoms with E-state index in [-0.39, 0.29) is 17.8 Å². The first-order valence-corrected chi connectivity index (χ1v) is 6.15. The van der Waals surface area contributed by atoms with E-state index in [4.69, 9.17) is 9.47 Å². The van der Waals surface area contributed by atoms with E-state index in [0.29, 0.717) is 6.61 Å². The van der Waals surface area contributed by atoms with Gasteiger partial charge in [0.15, 0.2) is 5.78 Å². The second kappa shape index (κ2) is 4.15. The van der Waals surface area contributed by atoms with E-state index in [1.54, 1.807) is 0 Å². The fourth-order valence-corrected chi connectivity index (χ4v) is 2.58. The molecule has 3 nitrogen and oxygen atoms in total. The van der Waals surface area contributed by atoms with Crippen molar-refractivity contribution in [3.63, 3.8) is 0 Å². The molecule has 0 spiro atoms. The molecule has 17 heavy (non-hydrogen) atoms. The second-order valence-corrected chi connectivity index (χ2v) is 4.86. The number of benzene rings is 1. The van der Waals surface area contributed by atoms with Crippen LogP contribution in [0.3, 0.4) is 0 Å². The van der Waals surface area contributed by atoms with Gasteiger partial charge in [0.1, 0.15) is 5.75 Å². The van der Waals surface area contributed by atoms with E-state index < -0.39 is 0 Å². The van der Waals surface area contributed by atoms with Gasteiger partial charge < -0.3 is 9.47 Å². The Morgan fingerprint density at radius 3 is 3.06 bits per heavy atom. The molecule has 1 aromatic carbocycles. The van der Waals surface area contributed by atoms with Crippen LogP contribution in [0, 0.1) is 5.92 Å². The highest BCUT2D eigenvalue weighted by Crippen LogP contribution is 2.29. The van der Waals surface area contributed by atoms with Crippen molar-refractivity contribution in [1.29, 1.82) is 0 Å². The van der Waals surface area contributed by atoms with E-state index in [1.807, 2.05) is 25.1 Å². The maximum absolute atomic E-state index is 12.3. The van der Waals surface area contributed by atoms with Gasteiger partial charge in [-0.15, -0.1) is 0 Å². The minimum atomic E-state index is 0.0328. The lowest BCUT2D eigenvalue weighted by Gasteiger charge is -2.08. The molecule has 2 heterocycles. The molecular weight excluding hydrogens is 216 g/mol. The van der Waals surface area contributed by atoms with Crippen LogP contribution in [0.1, 0.15) is 29.3 Å². The third-order valence-corrected chi connectivity index (χ3v) is 3.54. The van der Waals surface area contributed by atoms with E-state index in [2.05, 4.69) is 0 Å². The lowest BCUT2D eigenvalue weighted by atomic mass is 9.94. The van der Waals surface area contributed by atoms with Crippen LogP contribution in [0.4, 0.5) is 0 Å². The largest absolute Gasteiger partial charge is 0.493 e. The Bertz CT molecular complexity index is 453. The van der Waals surface area contributed by atoms with Gasteiger partial charge in [0, 0.05) is 17.9 Å². The van der Waals surface area contributed by atoms with Crippen LogP contribution in [0.2, 0.25) is 0 Å². The predicted molar refractivity (Wildman–Crippen MR) is 63.5 cm³/mol. The number of ketones is 1. The summed E-state index contributed by atoms with van der Waals surface area (Å²) in [4.78, 5) is 12.3. The minimum Gasteiger partial charge on any atom is -0.493 e. The summed E-state index contributed by atoms with van der Waals surface area (Å²) in [6.07, 6.45) is 1.96. The summed E-state index contributed by atoms with van der Waals surface area (Å²) in [5, 5.41) is 0. The van der Waals surface area contributed by atoms with Crippen molar-refractivity contribution >= 4 is 5.78 Å². The zero-order valence-electron chi connectivity index (χ0n) is 9.94. The monoisotopic (exact) mass is 232 g/mol. The van der Waals surface area contributed by atoms with Crippen molar-refractivity contribution in [2.45, 2.75) is 25.9 Å². The molecule has 1 fully saturated rings. The fraction of sp³-hybridized carbons (Fsp3) is 0.500. The van der Waals surface area contributed by atoms with E-state index >= 15 is 0 Å². The molecule has 3 rings (SSSR count). The molecule has 1 aromatic rings. The second-order valence-electron chi connectivity index (χ2n) is 4.86. The molecule has 0 radical (unpaired) electrons. The van der Waals surface area contributed by atoms with Gasteiger partial charge in [-0.05, 0) is 37.1 Å². The number of rotatable bonds is 2. The van der Waals surface area contributed by atoms with Crippen LogP contribution in [0.25, 0.3) is 0 Å². The molecule has 2 aliphatic rings. The lowest BCUT2D eigenvalue weighted by molar-refractivity contribution is 0.0877. The topological polar surface area (TPSA) is 35.5 Å². The summed E-state index contributed by atoms with van der Waals surface area (Å²) in [6.45, 7) is 3.31. The van der Waals surface area contributed by atoms with Gasteiger partial charge in [0.2, 0.25) is 0 Å². The number of carbonyl (C=O) groups excluding carboxylic acids is 1. The first-order valence-electron chi connectivity index (χ1n) is 6.15. The van der Waals surface area contributed by atoms with E-state index in [9.17, 15) is 4.79 Å². The van der Waals surface area contributed by atoms with Gasteiger partial charge >= 0.3 is 0 Å². The van der Waals surface area contributed by atoms with E-state index in [1.165, 1.54) is 0 Å². The zero-order chi connectivity index (χ0) is 11.8. The molecule has 0 N–H and O–H groups in total. The van der Waals surface area contributed by atoms with Crippen LogP contribution in [-0.2, 0) is 11.2 Å². The molecule has 0 saturated carbocycles. The fourth-order valence-electron chi connectivity index (χ4n) is 2.58. The standard InChI is InChI=1S/C14H16O3/c1-9-6-12(8-17-9)14(15)11-2-3-13-10(7-11)4-5-16-13/h2-3,7,9,12H,4-6,8H2,1H3. The summed E-state index contributed by atoms with van der Waals surface area (Å²) in [7, 11) is 0. The molecule has 2 aliphatic heterocycles. The maximum Gasteiger partial charge on any atom is 0.168 e. The van der Waals surface area contributed by atoms with Gasteiger partial charge in [0.05, 0.1) is 19.3 Å². The molecule has 0 aliphatic carbocycles. The molecule has 0 bridgehead atoms. The molecular formula is C14H16O3. The minimum absolute atomic E-state index is 0.0328. The number of Topliss-reactive ketones (excluding diaryl/α,β-unsaturated/α-hetero) is 1. The summed E-state index contributed by atoms with van der Waals surface area (Å²) in [5.41, 5.74) is 1.96. The Hall–Kier alpha value is -1.35. The molecule has 0 amide bonds. The van der Waals surface area contributed by atoms with Gasteiger partial charge in [-0.3, -0.25) is 4.79 Å². The van der Waals surface area contributed by atoms with Crippen LogP contribution >= 0.6 is 0 Å². The quantitative estimate of drug-likeness (QED) is 0.733. The first kappa shape index (κ1) is 10.8. The summed E-state index contributed by atoms with van der Waals surface area (Å²) in [6, 6.07) is 5.76. The molecule has 90 valence electrons. The molecule has 2 atom stereocenters. The maximum atomic E-state index is 12.3. The Morgan fingerprint density at radius 2 is 2.29 bits per heavy atom. The Labute approximate surface area is 101 Å². The third-order valence-electron chi connectivity index (χ3n) is 3.54. The summed E-state index contributed by atoms with van der Waals surface area (Å²) in [5.74, 6) is 1.17. The molecule has 3 heteroatoms. The molecule has 2 unspecified atom stereocenters. The number of hydrogen-bond acceptors (Lipinski definition) is 3. The van der Waals surface area contributed by atoms with Gasteiger partial charge in [-0.2, -0.15) is 0 Å². The Kier molecular flexibility index (Phi) is 2.63. The number of carbonyl (C=O) groups is 1. The first-order chi connectivity index (χ1) is 8.24. The third kappa shape index (κ3) is 1.95. The molecule has 0 aromatic heterocycles. The van der Waals surface area contributed by atoms with Gasteiger partial charge in [0.25, 0.3) is 0 Å². The van der Waals surface area contributed by atoms with Crippen molar-refractivity contribution < 1.29 is 14.3 Å². The van der Waals surface area contributed by atoms with Crippen LogP contribution in [0.5, 0.6) is 5.75 Å². The van der Waals surface area contributed by atoms with Crippen molar-refractivity contribution in [2.75, 3.05) is 13.2 Å². The smallest absolute Gasteiger partial charge is 0.168 e. The zero-order valence-corrected chi connectivity index (χ0v) is 9.94. The van der Waals surface area contributed by atoms with Crippen molar-refractivity contribution in [3.8, 4) is 5.75 Å². The highest BCUT2D eigenvalue weighted by molar-refractivity contribution is 5.98. The van der Waals surface area contributed by atoms with Gasteiger partial charge in [-0.1, -0.05) is 0 Å². The average Bonchev–Trinajstić information content (AvgIpc) is 2.95. The van der Waals surface area contributed by atoms with Crippen molar-refractivity contribution in [3.05, 3.63) is 29.3 Å². The highest BCUT2D eigenvalue weighted by atomic mass is 16.5. The van der Waals surface area contributed by atoms with Crippen molar-refractivity contribution in [2.24, 2.45) is 5.92 Å². The highest BCUT2D eigenvalue weighted by Gasteiger charge is 2.29. The summed E-state index contributed by atoms with van der Waals surface area (Å²) < 4.78 is 10.9. The average molecular weight is 232 g/mol. The number of hydrogen-bond donors (Lipinski definition) is 0. The lowest BCUT2D eigenvalue weighted by Crippen LogP contribution is -2.15. The van der Waals surface area contributed by atoms with Crippen LogP contribution < -0.4 is 4.74 Å². The predicted octanol–water partition coefficient (Wildman–Crippen LogP) is 2.23. The number of ether oxygens (including phenoxy) is 2. The Balaban J connectivity index is 1.82. The SMILES string of the molecule is CC1CC(C(=O)c2ccc3c(c2)CCO3)CO1. The van der Waals surface area contributed by atoms with Crippen LogP contribution in [0.15, 0.2) is 18.2 Å². The van der Waals surface area contributed by atoms with E-state index in [0.717, 1.165) is 36.3 Å². The molecule has 1 saturated heterocycles. The van der Waals surface area contributed by atoms with Gasteiger partial charge in [-0.25, -0.2) is 0 Å². The summed E-state index contributed by atoms with van der Waals surface area (Å²) >= 11 is 0.